The Morgan fingerprint density at radius 1 is 1.24 bits per heavy atom. The lowest BCUT2D eigenvalue weighted by molar-refractivity contribution is 0.0299. The number of anilines is 2. The fourth-order valence-electron chi connectivity index (χ4n) is 4.81. The lowest BCUT2D eigenvalue weighted by Crippen LogP contribution is -2.39. The highest BCUT2D eigenvalue weighted by atomic mass is 16.5. The SMILES string of the molecule is COc1c(O/C(=C/N)c2ccccn2)cnc2nc(Nc3cc(C4CC4)cn(C4CCC4O)c3=O)n(C)c12. The molecule has 2 atom stereocenters. The van der Waals surface area contributed by atoms with Crippen molar-refractivity contribution in [2.75, 3.05) is 12.4 Å². The first kappa shape index (κ1) is 24.0. The third-order valence-corrected chi connectivity index (χ3v) is 7.23. The summed E-state index contributed by atoms with van der Waals surface area (Å²) in [6.07, 6.45) is 9.58. The van der Waals surface area contributed by atoms with E-state index in [1.807, 2.05) is 25.4 Å². The van der Waals surface area contributed by atoms with Crippen molar-refractivity contribution in [2.45, 2.75) is 43.7 Å². The van der Waals surface area contributed by atoms with Crippen LogP contribution < -0.4 is 26.1 Å². The Bertz CT molecular complexity index is 1590. The van der Waals surface area contributed by atoms with E-state index in [2.05, 4.69) is 20.3 Å². The number of nitrogens with zero attached hydrogens (tertiary/aromatic N) is 5. The molecule has 2 fully saturated rings. The van der Waals surface area contributed by atoms with E-state index in [0.29, 0.717) is 58.1 Å². The smallest absolute Gasteiger partial charge is 0.274 e. The van der Waals surface area contributed by atoms with Gasteiger partial charge >= 0.3 is 0 Å². The highest BCUT2D eigenvalue weighted by molar-refractivity contribution is 5.85. The first-order valence-electron chi connectivity index (χ1n) is 12.6. The third-order valence-electron chi connectivity index (χ3n) is 7.23. The zero-order chi connectivity index (χ0) is 26.4. The average Bonchev–Trinajstić information content (AvgIpc) is 3.73. The molecular formula is C27H29N7O4. The van der Waals surface area contributed by atoms with Crippen LogP contribution in [0.4, 0.5) is 11.6 Å². The average molecular weight is 516 g/mol. The van der Waals surface area contributed by atoms with Crippen molar-refractivity contribution in [1.29, 1.82) is 0 Å². The van der Waals surface area contributed by atoms with Gasteiger partial charge in [0.25, 0.3) is 5.56 Å². The lowest BCUT2D eigenvalue weighted by Gasteiger charge is -2.34. The molecule has 196 valence electrons. The molecule has 0 radical (unpaired) electrons. The van der Waals surface area contributed by atoms with Gasteiger partial charge < -0.3 is 34.8 Å². The molecular weight excluding hydrogens is 486 g/mol. The number of nitrogens with one attached hydrogen (secondary N) is 1. The number of aliphatic hydroxyl groups excluding tert-OH is 1. The topological polar surface area (TPSA) is 142 Å². The fourth-order valence-corrected chi connectivity index (χ4v) is 4.81. The normalized spacial score (nSPS) is 19.3. The van der Waals surface area contributed by atoms with Crippen LogP contribution in [-0.2, 0) is 7.05 Å². The summed E-state index contributed by atoms with van der Waals surface area (Å²) in [4.78, 5) is 26.8. The number of hydrogen-bond donors (Lipinski definition) is 3. The highest BCUT2D eigenvalue weighted by Gasteiger charge is 2.33. The number of hydrogen-bond acceptors (Lipinski definition) is 9. The molecule has 38 heavy (non-hydrogen) atoms. The summed E-state index contributed by atoms with van der Waals surface area (Å²) in [5.74, 6) is 1.96. The summed E-state index contributed by atoms with van der Waals surface area (Å²) in [6.45, 7) is 0. The maximum atomic E-state index is 13.4. The quantitative estimate of drug-likeness (QED) is 0.302. The number of methoxy groups -OCH3 is 1. The minimum absolute atomic E-state index is 0.192. The van der Waals surface area contributed by atoms with E-state index < -0.39 is 6.10 Å². The van der Waals surface area contributed by atoms with Crippen LogP contribution in [0.1, 0.15) is 48.9 Å². The van der Waals surface area contributed by atoms with E-state index >= 15 is 0 Å². The summed E-state index contributed by atoms with van der Waals surface area (Å²) in [5.41, 5.74) is 8.69. The minimum Gasteiger partial charge on any atom is -0.491 e. The standard InChI is InChI=1S/C27H29N7O4/c1-33-23-24(37-2)22(38-21(12-28)17-5-3-4-10-29-17)13-30-25(23)32-27(33)31-18-11-16(15-6-7-15)14-34(26(18)36)19-8-9-20(19)35/h3-5,10-15,19-20,35H,6-9,28H2,1-2H3,(H,30,31,32)/b21-12+. The van der Waals surface area contributed by atoms with Crippen molar-refractivity contribution in [3.8, 4) is 11.5 Å². The van der Waals surface area contributed by atoms with Crippen molar-refractivity contribution < 1.29 is 14.6 Å². The molecule has 4 heterocycles. The number of ether oxygens (including phenoxy) is 2. The molecule has 0 bridgehead atoms. The van der Waals surface area contributed by atoms with Crippen LogP contribution >= 0.6 is 0 Å². The molecule has 4 aromatic heterocycles. The summed E-state index contributed by atoms with van der Waals surface area (Å²) < 4.78 is 15.2. The van der Waals surface area contributed by atoms with Gasteiger partial charge in [0.15, 0.2) is 22.9 Å². The van der Waals surface area contributed by atoms with E-state index in [1.165, 1.54) is 19.5 Å². The monoisotopic (exact) mass is 515 g/mol. The molecule has 0 spiro atoms. The molecule has 11 heteroatoms. The molecule has 2 aliphatic rings. The summed E-state index contributed by atoms with van der Waals surface area (Å²) in [5, 5.41) is 13.5. The predicted octanol–water partition coefficient (Wildman–Crippen LogP) is 3.19. The van der Waals surface area contributed by atoms with Crippen molar-refractivity contribution in [3.63, 3.8) is 0 Å². The summed E-state index contributed by atoms with van der Waals surface area (Å²) in [7, 11) is 3.35. The van der Waals surface area contributed by atoms with Crippen molar-refractivity contribution in [1.82, 2.24) is 24.1 Å². The fraction of sp³-hybridized carbons (Fsp3) is 0.333. The van der Waals surface area contributed by atoms with Gasteiger partial charge in [0.1, 0.15) is 16.9 Å². The molecule has 4 N–H and O–H groups in total. The van der Waals surface area contributed by atoms with Crippen molar-refractivity contribution in [3.05, 3.63) is 70.7 Å². The predicted molar refractivity (Wildman–Crippen MR) is 142 cm³/mol. The molecule has 2 aliphatic carbocycles. The van der Waals surface area contributed by atoms with E-state index in [1.54, 1.807) is 27.5 Å². The van der Waals surface area contributed by atoms with Gasteiger partial charge in [0, 0.05) is 25.6 Å². The number of imidazole rings is 1. The molecule has 0 saturated heterocycles. The molecule has 0 aliphatic heterocycles. The molecule has 11 nitrogen and oxygen atoms in total. The van der Waals surface area contributed by atoms with Gasteiger partial charge in [-0.05, 0) is 55.4 Å². The van der Waals surface area contributed by atoms with Crippen molar-refractivity contribution >= 4 is 28.6 Å². The summed E-state index contributed by atoms with van der Waals surface area (Å²) >= 11 is 0. The van der Waals surface area contributed by atoms with E-state index in [9.17, 15) is 9.90 Å². The van der Waals surface area contributed by atoms with Crippen LogP contribution in [-0.4, -0.2) is 42.4 Å². The molecule has 6 rings (SSSR count). The van der Waals surface area contributed by atoms with Crippen LogP contribution in [0, 0.1) is 0 Å². The number of aromatic nitrogens is 5. The first-order chi connectivity index (χ1) is 18.5. The molecule has 0 amide bonds. The lowest BCUT2D eigenvalue weighted by atomic mass is 9.88. The largest absolute Gasteiger partial charge is 0.491 e. The number of fused-ring (bicyclic) bond motifs is 1. The molecule has 2 saturated carbocycles. The van der Waals surface area contributed by atoms with Crippen molar-refractivity contribution in [2.24, 2.45) is 12.8 Å². The Morgan fingerprint density at radius 2 is 2.08 bits per heavy atom. The maximum Gasteiger partial charge on any atom is 0.274 e. The van der Waals surface area contributed by atoms with E-state index in [-0.39, 0.29) is 11.6 Å². The Morgan fingerprint density at radius 3 is 2.71 bits per heavy atom. The Labute approximate surface area is 218 Å². The third kappa shape index (κ3) is 4.14. The number of rotatable bonds is 8. The van der Waals surface area contributed by atoms with E-state index in [0.717, 1.165) is 24.8 Å². The van der Waals surface area contributed by atoms with Crippen LogP contribution in [0.15, 0.2) is 53.9 Å². The van der Waals surface area contributed by atoms with Gasteiger partial charge in [-0.2, -0.15) is 4.98 Å². The van der Waals surface area contributed by atoms with Gasteiger partial charge in [0.05, 0.1) is 25.5 Å². The zero-order valence-electron chi connectivity index (χ0n) is 21.2. The van der Waals surface area contributed by atoms with Gasteiger partial charge in [-0.15, -0.1) is 0 Å². The van der Waals surface area contributed by atoms with Crippen LogP contribution in [0.5, 0.6) is 11.5 Å². The highest BCUT2D eigenvalue weighted by Crippen LogP contribution is 2.42. The Balaban J connectivity index is 1.38. The second-order valence-electron chi connectivity index (χ2n) is 9.68. The Hall–Kier alpha value is -4.38. The second-order valence-corrected chi connectivity index (χ2v) is 9.68. The molecule has 0 aromatic carbocycles. The number of nitrogens with two attached hydrogens (primary N) is 1. The van der Waals surface area contributed by atoms with Gasteiger partial charge in [0.2, 0.25) is 5.95 Å². The van der Waals surface area contributed by atoms with Gasteiger partial charge in [-0.1, -0.05) is 6.07 Å². The van der Waals surface area contributed by atoms with E-state index in [4.69, 9.17) is 15.2 Å². The zero-order valence-corrected chi connectivity index (χ0v) is 21.2. The Kier molecular flexibility index (Phi) is 5.99. The number of pyridine rings is 3. The molecule has 2 unspecified atom stereocenters. The second kappa shape index (κ2) is 9.49. The van der Waals surface area contributed by atoms with Crippen LogP contribution in [0.3, 0.4) is 0 Å². The van der Waals surface area contributed by atoms with Crippen LogP contribution in [0.2, 0.25) is 0 Å². The van der Waals surface area contributed by atoms with Crippen LogP contribution in [0.25, 0.3) is 16.9 Å². The summed E-state index contributed by atoms with van der Waals surface area (Å²) in [6, 6.07) is 7.12. The minimum atomic E-state index is -0.504. The van der Waals surface area contributed by atoms with Gasteiger partial charge in [-0.25, -0.2) is 4.98 Å². The maximum absolute atomic E-state index is 13.4. The number of aliphatic hydroxyl groups is 1. The molecule has 4 aromatic rings. The van der Waals surface area contributed by atoms with Gasteiger partial charge in [-0.3, -0.25) is 9.78 Å². The first-order valence-corrected chi connectivity index (χ1v) is 12.6. The number of aryl methyl sites for hydroxylation is 1.